The van der Waals surface area contributed by atoms with Gasteiger partial charge in [0.1, 0.15) is 0 Å². The van der Waals surface area contributed by atoms with Gasteiger partial charge in [-0.15, -0.1) is 0 Å². The number of halogens is 1. The van der Waals surface area contributed by atoms with Crippen molar-refractivity contribution in [2.45, 2.75) is 9.92 Å². The fraction of sp³-hybridized carbons (Fsp3) is 0.222. The number of benzene rings is 2. The molecule has 148 valence electrons. The van der Waals surface area contributed by atoms with E-state index >= 15 is 0 Å². The standard InChI is InChI=1S/C18H18ClN3O4S2/c19-15-6-7-17-14(12-15)13-18(28(25,26)21-10-8-20-9-11-21)22(17)27(23,24)16-4-2-1-3-5-16/h1-7,12-13,20H,8-11H2. The molecule has 1 aliphatic rings. The fourth-order valence-corrected chi connectivity index (χ4v) is 6.97. The molecule has 7 nitrogen and oxygen atoms in total. The second-order valence-electron chi connectivity index (χ2n) is 6.42. The molecule has 2 aromatic carbocycles. The largest absolute Gasteiger partial charge is 0.314 e. The van der Waals surface area contributed by atoms with Gasteiger partial charge in [-0.05, 0) is 36.4 Å². The van der Waals surface area contributed by atoms with E-state index < -0.39 is 20.0 Å². The van der Waals surface area contributed by atoms with E-state index in [1.54, 1.807) is 30.3 Å². The van der Waals surface area contributed by atoms with Crippen LogP contribution in [0.2, 0.25) is 5.02 Å². The topological polar surface area (TPSA) is 88.5 Å². The minimum atomic E-state index is -4.14. The van der Waals surface area contributed by atoms with Crippen LogP contribution in [0.15, 0.2) is 64.5 Å². The van der Waals surface area contributed by atoms with Crippen molar-refractivity contribution in [1.82, 2.24) is 13.6 Å². The predicted octanol–water partition coefficient (Wildman–Crippen LogP) is 2.13. The quantitative estimate of drug-likeness (QED) is 0.672. The van der Waals surface area contributed by atoms with Crippen molar-refractivity contribution in [2.75, 3.05) is 26.2 Å². The average molecular weight is 440 g/mol. The van der Waals surface area contributed by atoms with Crippen molar-refractivity contribution in [3.63, 3.8) is 0 Å². The first kappa shape index (κ1) is 19.4. The van der Waals surface area contributed by atoms with Crippen LogP contribution < -0.4 is 5.32 Å². The van der Waals surface area contributed by atoms with Crippen LogP contribution in [0.1, 0.15) is 0 Å². The molecule has 0 radical (unpaired) electrons. The van der Waals surface area contributed by atoms with Gasteiger partial charge in [0, 0.05) is 36.6 Å². The van der Waals surface area contributed by atoms with Gasteiger partial charge >= 0.3 is 0 Å². The second-order valence-corrected chi connectivity index (χ2v) is 10.5. The Morgan fingerprint density at radius 2 is 1.54 bits per heavy atom. The third kappa shape index (κ3) is 3.23. The van der Waals surface area contributed by atoms with E-state index in [0.717, 1.165) is 3.97 Å². The summed E-state index contributed by atoms with van der Waals surface area (Å²) in [6.45, 7) is 1.57. The number of piperazine rings is 1. The number of hydrogen-bond acceptors (Lipinski definition) is 5. The summed E-state index contributed by atoms with van der Waals surface area (Å²) < 4.78 is 55.6. The minimum absolute atomic E-state index is 0.0132. The summed E-state index contributed by atoms with van der Waals surface area (Å²) in [5.74, 6) is 0. The Morgan fingerprint density at radius 3 is 2.21 bits per heavy atom. The number of hydrogen-bond donors (Lipinski definition) is 1. The monoisotopic (exact) mass is 439 g/mol. The Balaban J connectivity index is 2.01. The molecule has 4 rings (SSSR count). The summed E-state index contributed by atoms with van der Waals surface area (Å²) >= 11 is 6.05. The molecule has 2 heterocycles. The van der Waals surface area contributed by atoms with E-state index in [0.29, 0.717) is 23.5 Å². The Kier molecular flexibility index (Phi) is 4.96. The lowest BCUT2D eigenvalue weighted by atomic mass is 10.2. The van der Waals surface area contributed by atoms with Gasteiger partial charge in [0.2, 0.25) is 0 Å². The number of sulfonamides is 1. The lowest BCUT2D eigenvalue weighted by Gasteiger charge is -2.27. The highest BCUT2D eigenvalue weighted by molar-refractivity contribution is 7.92. The fourth-order valence-electron chi connectivity index (χ4n) is 3.28. The van der Waals surface area contributed by atoms with Crippen LogP contribution in [-0.2, 0) is 20.0 Å². The van der Waals surface area contributed by atoms with Gasteiger partial charge in [-0.2, -0.15) is 4.31 Å². The molecule has 1 aromatic heterocycles. The van der Waals surface area contributed by atoms with Gasteiger partial charge in [-0.3, -0.25) is 0 Å². The van der Waals surface area contributed by atoms with Gasteiger partial charge in [-0.1, -0.05) is 29.8 Å². The van der Waals surface area contributed by atoms with Crippen LogP contribution in [0.4, 0.5) is 0 Å². The van der Waals surface area contributed by atoms with E-state index in [9.17, 15) is 16.8 Å². The number of rotatable bonds is 4. The highest BCUT2D eigenvalue weighted by atomic mass is 35.5. The zero-order valence-corrected chi connectivity index (χ0v) is 17.1. The van der Waals surface area contributed by atoms with Crippen LogP contribution in [-0.4, -0.2) is 51.3 Å². The highest BCUT2D eigenvalue weighted by Crippen LogP contribution is 2.31. The molecule has 0 aliphatic carbocycles. The lowest BCUT2D eigenvalue weighted by Crippen LogP contribution is -2.46. The van der Waals surface area contributed by atoms with Gasteiger partial charge in [-0.25, -0.2) is 20.8 Å². The highest BCUT2D eigenvalue weighted by Gasteiger charge is 2.34. The number of nitrogens with one attached hydrogen (secondary N) is 1. The molecule has 0 amide bonds. The molecule has 0 bridgehead atoms. The Hall–Kier alpha value is -1.91. The predicted molar refractivity (Wildman–Crippen MR) is 108 cm³/mol. The van der Waals surface area contributed by atoms with E-state index in [4.69, 9.17) is 11.6 Å². The van der Waals surface area contributed by atoms with Crippen LogP contribution in [0, 0.1) is 0 Å². The van der Waals surface area contributed by atoms with Crippen molar-refractivity contribution in [1.29, 1.82) is 0 Å². The first-order valence-corrected chi connectivity index (χ1v) is 11.9. The van der Waals surface area contributed by atoms with Gasteiger partial charge in [0.25, 0.3) is 20.0 Å². The third-order valence-corrected chi connectivity index (χ3v) is 8.62. The van der Waals surface area contributed by atoms with Crippen LogP contribution in [0.3, 0.4) is 0 Å². The number of nitrogens with zero attached hydrogens (tertiary/aromatic N) is 2. The van der Waals surface area contributed by atoms with Gasteiger partial charge in [0.05, 0.1) is 10.4 Å². The molecule has 0 atom stereocenters. The maximum atomic E-state index is 13.4. The first-order valence-electron chi connectivity index (χ1n) is 8.64. The molecule has 10 heteroatoms. The molecular weight excluding hydrogens is 422 g/mol. The Labute approximate surface area is 168 Å². The van der Waals surface area contributed by atoms with E-state index in [1.165, 1.54) is 28.6 Å². The minimum Gasteiger partial charge on any atom is -0.314 e. The summed E-state index contributed by atoms with van der Waals surface area (Å²) in [6.07, 6.45) is 0. The zero-order valence-electron chi connectivity index (χ0n) is 14.7. The van der Waals surface area contributed by atoms with Crippen molar-refractivity contribution >= 4 is 42.6 Å². The van der Waals surface area contributed by atoms with Crippen molar-refractivity contribution < 1.29 is 16.8 Å². The van der Waals surface area contributed by atoms with Gasteiger partial charge in [0.15, 0.2) is 5.03 Å². The summed E-state index contributed by atoms with van der Waals surface area (Å²) in [7, 11) is -8.16. The lowest BCUT2D eigenvalue weighted by molar-refractivity contribution is 0.358. The van der Waals surface area contributed by atoms with Crippen molar-refractivity contribution in [2.24, 2.45) is 0 Å². The van der Waals surface area contributed by atoms with E-state index in [2.05, 4.69) is 5.32 Å². The molecule has 1 N–H and O–H groups in total. The Bertz CT molecular complexity index is 1230. The average Bonchev–Trinajstić information content (AvgIpc) is 3.09. The SMILES string of the molecule is O=S(=O)(c1cc2cc(Cl)ccc2n1S(=O)(=O)c1ccccc1)N1CCNCC1. The molecular formula is C18H18ClN3O4S2. The Morgan fingerprint density at radius 1 is 0.857 bits per heavy atom. The van der Waals surface area contributed by atoms with E-state index in [-0.39, 0.29) is 28.5 Å². The number of fused-ring (bicyclic) bond motifs is 1. The smallest absolute Gasteiger partial charge is 0.269 e. The summed E-state index contributed by atoms with van der Waals surface area (Å²) in [5, 5.41) is 3.65. The molecule has 3 aromatic rings. The van der Waals surface area contributed by atoms with Gasteiger partial charge < -0.3 is 5.32 Å². The summed E-state index contributed by atoms with van der Waals surface area (Å²) in [5.41, 5.74) is 0.266. The second kappa shape index (κ2) is 7.16. The third-order valence-electron chi connectivity index (χ3n) is 4.65. The normalized spacial score (nSPS) is 16.5. The molecule has 28 heavy (non-hydrogen) atoms. The van der Waals surface area contributed by atoms with Crippen molar-refractivity contribution in [3.05, 3.63) is 59.6 Å². The summed E-state index contributed by atoms with van der Waals surface area (Å²) in [6, 6.07) is 13.8. The number of aromatic nitrogens is 1. The van der Waals surface area contributed by atoms with Crippen LogP contribution in [0.5, 0.6) is 0 Å². The van der Waals surface area contributed by atoms with E-state index in [1.807, 2.05) is 0 Å². The molecule has 0 spiro atoms. The summed E-state index contributed by atoms with van der Waals surface area (Å²) in [4.78, 5) is 0.0132. The maximum Gasteiger partial charge on any atom is 0.269 e. The molecule has 0 saturated carbocycles. The first-order chi connectivity index (χ1) is 13.3. The van der Waals surface area contributed by atoms with Crippen LogP contribution in [0.25, 0.3) is 10.9 Å². The maximum absolute atomic E-state index is 13.4. The van der Waals surface area contributed by atoms with Crippen molar-refractivity contribution in [3.8, 4) is 0 Å². The molecule has 1 saturated heterocycles. The molecule has 1 aliphatic heterocycles. The zero-order chi connectivity index (χ0) is 19.9. The molecule has 0 unspecified atom stereocenters. The van der Waals surface area contributed by atoms with Crippen LogP contribution >= 0.6 is 11.6 Å². The molecule has 1 fully saturated rings.